The second-order valence-corrected chi connectivity index (χ2v) is 9.33. The maximum Gasteiger partial charge on any atom is 0.491 e. The second kappa shape index (κ2) is 14.3. The van der Waals surface area contributed by atoms with E-state index in [9.17, 15) is 31.9 Å². The van der Waals surface area contributed by atoms with Crippen LogP contribution in [0.2, 0.25) is 0 Å². The first-order chi connectivity index (χ1) is 15.9. The van der Waals surface area contributed by atoms with Crippen LogP contribution in [0.15, 0.2) is 17.0 Å². The van der Waals surface area contributed by atoms with Crippen LogP contribution < -0.4 is 26.6 Å². The average molecular weight is 508 g/mol. The molecule has 0 aliphatic rings. The van der Waals surface area contributed by atoms with E-state index < -0.39 is 63.1 Å². The Bertz CT molecular complexity index is 937. The molecule has 1 amide bonds. The highest BCUT2D eigenvalue weighted by Gasteiger charge is 2.26. The van der Waals surface area contributed by atoms with Crippen LogP contribution in [0.3, 0.4) is 0 Å². The number of hydrogen-bond acceptors (Lipinski definition) is 8. The Morgan fingerprint density at radius 1 is 1.06 bits per heavy atom. The SMILES string of the molecule is CNC(CCCCN)C(=O)NC(CCCCNS(=O)(=O)c1cc(F)c(B(O)O)cc1F)C(=O)O. The molecule has 0 aromatic heterocycles. The zero-order valence-electron chi connectivity index (χ0n) is 18.8. The molecule has 0 fully saturated rings. The Morgan fingerprint density at radius 2 is 1.68 bits per heavy atom. The first-order valence-electron chi connectivity index (χ1n) is 10.7. The number of sulfonamides is 1. The summed E-state index contributed by atoms with van der Waals surface area (Å²) in [5.74, 6) is -4.38. The van der Waals surface area contributed by atoms with Crippen LogP contribution in [-0.2, 0) is 19.6 Å². The first kappa shape index (κ1) is 29.9. The van der Waals surface area contributed by atoms with Gasteiger partial charge in [0, 0.05) is 12.0 Å². The summed E-state index contributed by atoms with van der Waals surface area (Å²) >= 11 is 0. The van der Waals surface area contributed by atoms with Crippen molar-refractivity contribution in [2.45, 2.75) is 55.5 Å². The highest BCUT2D eigenvalue weighted by Crippen LogP contribution is 2.15. The third-order valence-corrected chi connectivity index (χ3v) is 6.53. The van der Waals surface area contributed by atoms with Gasteiger partial charge in [0.15, 0.2) is 0 Å². The molecule has 0 saturated carbocycles. The monoisotopic (exact) mass is 508 g/mol. The highest BCUT2D eigenvalue weighted by atomic mass is 32.2. The van der Waals surface area contributed by atoms with Crippen molar-refractivity contribution in [2.75, 3.05) is 20.1 Å². The van der Waals surface area contributed by atoms with Crippen molar-refractivity contribution in [3.8, 4) is 0 Å². The van der Waals surface area contributed by atoms with Crippen LogP contribution in [0.1, 0.15) is 38.5 Å². The third kappa shape index (κ3) is 9.23. The summed E-state index contributed by atoms with van der Waals surface area (Å²) in [6.45, 7) is 0.282. The molecule has 2 atom stereocenters. The van der Waals surface area contributed by atoms with E-state index in [0.717, 1.165) is 6.42 Å². The summed E-state index contributed by atoms with van der Waals surface area (Å²) in [5.41, 5.74) is 4.62. The fourth-order valence-corrected chi connectivity index (χ4v) is 4.28. The number of carboxylic acids is 1. The average Bonchev–Trinajstić information content (AvgIpc) is 2.76. The summed E-state index contributed by atoms with van der Waals surface area (Å²) in [6, 6.07) is -1.04. The van der Waals surface area contributed by atoms with Crippen LogP contribution in [0.4, 0.5) is 8.78 Å². The molecule has 0 aliphatic heterocycles. The number of unbranched alkanes of at least 4 members (excludes halogenated alkanes) is 2. The van der Waals surface area contributed by atoms with Gasteiger partial charge in [-0.3, -0.25) is 4.79 Å². The summed E-state index contributed by atoms with van der Waals surface area (Å²) < 4.78 is 54.4. The van der Waals surface area contributed by atoms with Crippen molar-refractivity contribution >= 4 is 34.5 Å². The lowest BCUT2D eigenvalue weighted by atomic mass is 9.80. The van der Waals surface area contributed by atoms with Crippen LogP contribution in [0.5, 0.6) is 0 Å². The zero-order chi connectivity index (χ0) is 25.9. The van der Waals surface area contributed by atoms with E-state index in [0.29, 0.717) is 31.5 Å². The number of aliphatic carboxylic acids is 1. The fourth-order valence-electron chi connectivity index (χ4n) is 3.13. The standard InChI is InChI=1S/C19H31BF2N4O7S/c1-24-15(6-2-4-8-23)18(27)26-16(19(28)29)7-3-5-9-25-34(32,33)17-11-13(21)12(20(30)31)10-14(17)22/h10-11,15-16,24-25,30-31H,2-9,23H2,1H3,(H,26,27)(H,28,29). The van der Waals surface area contributed by atoms with Crippen molar-refractivity contribution < 1.29 is 41.9 Å². The van der Waals surface area contributed by atoms with E-state index >= 15 is 0 Å². The zero-order valence-corrected chi connectivity index (χ0v) is 19.6. The van der Waals surface area contributed by atoms with E-state index in [1.54, 1.807) is 7.05 Å². The van der Waals surface area contributed by atoms with Crippen LogP contribution in [0, 0.1) is 11.6 Å². The number of hydrogen-bond donors (Lipinski definition) is 7. The minimum Gasteiger partial charge on any atom is -0.480 e. The molecule has 1 aromatic carbocycles. The van der Waals surface area contributed by atoms with E-state index in [4.69, 9.17) is 15.8 Å². The van der Waals surface area contributed by atoms with Crippen molar-refractivity contribution in [3.05, 3.63) is 23.8 Å². The van der Waals surface area contributed by atoms with Gasteiger partial charge in [-0.05, 0) is 57.8 Å². The Labute approximate surface area is 197 Å². The summed E-state index contributed by atoms with van der Waals surface area (Å²) in [5, 5.41) is 32.6. The molecule has 2 unspecified atom stereocenters. The number of amides is 1. The van der Waals surface area contributed by atoms with Gasteiger partial charge in [0.1, 0.15) is 22.6 Å². The van der Waals surface area contributed by atoms with Crippen LogP contribution in [-0.4, -0.2) is 74.8 Å². The van der Waals surface area contributed by atoms with Gasteiger partial charge in [-0.25, -0.2) is 26.7 Å². The predicted octanol–water partition coefficient (Wildman–Crippen LogP) is -1.62. The molecule has 0 bridgehead atoms. The summed E-state index contributed by atoms with van der Waals surface area (Å²) in [4.78, 5) is 22.8. The Kier molecular flexibility index (Phi) is 12.5. The van der Waals surface area contributed by atoms with E-state index in [1.165, 1.54) is 0 Å². The minimum atomic E-state index is -4.45. The van der Waals surface area contributed by atoms with Gasteiger partial charge in [-0.15, -0.1) is 0 Å². The summed E-state index contributed by atoms with van der Waals surface area (Å²) in [7, 11) is -5.17. The molecule has 15 heteroatoms. The normalized spacial score (nSPS) is 13.4. The molecule has 0 heterocycles. The number of nitrogens with one attached hydrogen (secondary N) is 3. The van der Waals surface area contributed by atoms with Gasteiger partial charge in [-0.1, -0.05) is 6.42 Å². The van der Waals surface area contributed by atoms with Gasteiger partial charge < -0.3 is 31.5 Å². The molecule has 34 heavy (non-hydrogen) atoms. The molecule has 0 spiro atoms. The number of halogens is 2. The van der Waals surface area contributed by atoms with E-state index in [2.05, 4.69) is 15.4 Å². The smallest absolute Gasteiger partial charge is 0.480 e. The van der Waals surface area contributed by atoms with Crippen LogP contribution >= 0.6 is 0 Å². The maximum absolute atomic E-state index is 14.0. The van der Waals surface area contributed by atoms with Crippen molar-refractivity contribution in [1.29, 1.82) is 0 Å². The van der Waals surface area contributed by atoms with E-state index in [1.807, 2.05) is 0 Å². The molecule has 192 valence electrons. The number of carbonyl (C=O) groups excluding carboxylic acids is 1. The highest BCUT2D eigenvalue weighted by molar-refractivity contribution is 7.89. The molecular formula is C19H31BF2N4O7S. The molecule has 1 aromatic rings. The molecule has 0 saturated heterocycles. The lowest BCUT2D eigenvalue weighted by Gasteiger charge is -2.20. The van der Waals surface area contributed by atoms with Crippen molar-refractivity contribution in [1.82, 2.24) is 15.4 Å². The Hall–Kier alpha value is -2.17. The van der Waals surface area contributed by atoms with Gasteiger partial charge >= 0.3 is 13.1 Å². The lowest BCUT2D eigenvalue weighted by molar-refractivity contribution is -0.142. The fraction of sp³-hybridized carbons (Fsp3) is 0.579. The Balaban J connectivity index is 2.61. The molecule has 0 radical (unpaired) electrons. The maximum atomic E-state index is 14.0. The van der Waals surface area contributed by atoms with Gasteiger partial charge in [0.2, 0.25) is 15.9 Å². The predicted molar refractivity (Wildman–Crippen MR) is 121 cm³/mol. The topological polar surface area (TPSA) is 191 Å². The van der Waals surface area contributed by atoms with Crippen LogP contribution in [0.25, 0.3) is 0 Å². The molecular weight excluding hydrogens is 477 g/mol. The van der Waals surface area contributed by atoms with Gasteiger partial charge in [-0.2, -0.15) is 0 Å². The summed E-state index contributed by atoms with van der Waals surface area (Å²) in [6.07, 6.45) is 2.30. The Morgan fingerprint density at radius 3 is 2.24 bits per heavy atom. The second-order valence-electron chi connectivity index (χ2n) is 7.60. The van der Waals surface area contributed by atoms with Gasteiger partial charge in [0.05, 0.1) is 6.04 Å². The molecule has 8 N–H and O–H groups in total. The molecule has 11 nitrogen and oxygen atoms in total. The number of rotatable bonds is 16. The van der Waals surface area contributed by atoms with Crippen molar-refractivity contribution in [3.63, 3.8) is 0 Å². The number of benzene rings is 1. The largest absolute Gasteiger partial charge is 0.491 e. The number of likely N-dealkylation sites (N-methyl/N-ethyl adjacent to an activating group) is 1. The number of carbonyl (C=O) groups is 2. The number of carboxylic acid groups (broad SMARTS) is 1. The first-order valence-corrected chi connectivity index (χ1v) is 12.2. The quantitative estimate of drug-likeness (QED) is 0.102. The number of nitrogens with two attached hydrogens (primary N) is 1. The minimum absolute atomic E-state index is 0.0219. The van der Waals surface area contributed by atoms with Gasteiger partial charge in [0.25, 0.3) is 0 Å². The van der Waals surface area contributed by atoms with E-state index in [-0.39, 0.29) is 25.8 Å². The third-order valence-electron chi connectivity index (χ3n) is 5.06. The molecule has 1 rings (SSSR count). The van der Waals surface area contributed by atoms with Crippen molar-refractivity contribution in [2.24, 2.45) is 5.73 Å². The molecule has 0 aliphatic carbocycles. The lowest BCUT2D eigenvalue weighted by Crippen LogP contribution is -2.49.